The molecule has 0 saturated carbocycles. The van der Waals surface area contributed by atoms with E-state index in [1.807, 2.05) is 12.1 Å². The molecule has 6 nitrogen and oxygen atoms in total. The Labute approximate surface area is 611 Å². The normalized spacial score (nSPS) is 11.5. The summed E-state index contributed by atoms with van der Waals surface area (Å²) in [5.74, 6) is 1.51. The van der Waals surface area contributed by atoms with Gasteiger partial charge in [0, 0.05) is 13.1 Å². The molecule has 6 heteroatoms. The Bertz CT molecular complexity index is 1840. The molecule has 98 heavy (non-hydrogen) atoms. The van der Waals surface area contributed by atoms with Crippen LogP contribution in [0.2, 0.25) is 0 Å². The van der Waals surface area contributed by atoms with Crippen LogP contribution in [-0.4, -0.2) is 25.3 Å². The van der Waals surface area contributed by atoms with E-state index in [1.165, 1.54) is 420 Å². The first-order chi connectivity index (χ1) is 48.5. The van der Waals surface area contributed by atoms with Gasteiger partial charge in [0.1, 0.15) is 11.5 Å². The predicted octanol–water partition coefficient (Wildman–Crippen LogP) is 31.3. The Hall–Kier alpha value is -3.02. The van der Waals surface area contributed by atoms with Crippen molar-refractivity contribution < 1.29 is 19.1 Å². The minimum atomic E-state index is -0.342. The Balaban J connectivity index is 1.81. The zero-order valence-electron chi connectivity index (χ0n) is 66.4. The number of nitrogens with one attached hydrogen (secondary N) is 2. The zero-order valence-corrected chi connectivity index (χ0v) is 66.4. The molecule has 0 bridgehead atoms. The van der Waals surface area contributed by atoms with Crippen LogP contribution in [-0.2, 0) is 25.7 Å². The third kappa shape index (κ3) is 58.5. The third-order valence-corrected chi connectivity index (χ3v) is 21.7. The molecule has 0 radical (unpaired) electrons. The summed E-state index contributed by atoms with van der Waals surface area (Å²) in [6.07, 6.45) is 95.1. The van der Waals surface area contributed by atoms with Crippen molar-refractivity contribution >= 4 is 12.2 Å². The molecule has 0 aromatic heterocycles. The van der Waals surface area contributed by atoms with Gasteiger partial charge in [0.2, 0.25) is 0 Å². The molecule has 2 aromatic rings. The summed E-state index contributed by atoms with van der Waals surface area (Å²) < 4.78 is 12.3. The molecule has 0 unspecified atom stereocenters. The summed E-state index contributed by atoms with van der Waals surface area (Å²) >= 11 is 0. The molecule has 570 valence electrons. The van der Waals surface area contributed by atoms with Gasteiger partial charge in [-0.2, -0.15) is 0 Å². The molecule has 2 amide bonds. The first-order valence-corrected chi connectivity index (χ1v) is 44.7. The van der Waals surface area contributed by atoms with Crippen molar-refractivity contribution in [1.29, 1.82) is 0 Å². The van der Waals surface area contributed by atoms with Crippen LogP contribution in [0.5, 0.6) is 11.5 Å². The fraction of sp³-hybridized carbons (Fsp3) is 0.848. The number of carbonyl (C=O) groups excluding carboxylic acids is 2. The lowest BCUT2D eigenvalue weighted by Gasteiger charge is -2.16. The van der Waals surface area contributed by atoms with E-state index in [1.54, 1.807) is 0 Å². The van der Waals surface area contributed by atoms with Gasteiger partial charge in [0.05, 0.1) is 0 Å². The van der Waals surface area contributed by atoms with Gasteiger partial charge in [0.15, 0.2) is 0 Å². The van der Waals surface area contributed by atoms with Crippen molar-refractivity contribution in [3.63, 3.8) is 0 Å². The van der Waals surface area contributed by atoms with Crippen LogP contribution in [0, 0.1) is 0 Å². The molecule has 2 aromatic carbocycles. The van der Waals surface area contributed by atoms with Crippen LogP contribution in [0.1, 0.15) is 487 Å². The predicted molar refractivity (Wildman–Crippen MR) is 432 cm³/mol. The van der Waals surface area contributed by atoms with Gasteiger partial charge in [-0.3, -0.25) is 0 Å². The lowest BCUT2D eigenvalue weighted by molar-refractivity contribution is 0.198. The Kier molecular flexibility index (Phi) is 68.5. The second-order valence-electron chi connectivity index (χ2n) is 31.0. The summed E-state index contributed by atoms with van der Waals surface area (Å²) in [6.45, 7) is 10.4. The van der Waals surface area contributed by atoms with Gasteiger partial charge in [0.25, 0.3) is 0 Å². The topological polar surface area (TPSA) is 76.7 Å². The molecule has 2 N–H and O–H groups in total. The van der Waals surface area contributed by atoms with Crippen molar-refractivity contribution in [2.24, 2.45) is 0 Å². The van der Waals surface area contributed by atoms with Gasteiger partial charge >= 0.3 is 12.2 Å². The summed E-state index contributed by atoms with van der Waals surface area (Å²) in [4.78, 5) is 26.8. The van der Waals surface area contributed by atoms with Gasteiger partial charge in [-0.05, 0) is 98.6 Å². The van der Waals surface area contributed by atoms with Crippen LogP contribution in [0.25, 0.3) is 0 Å². The minimum absolute atomic E-state index is 0.342. The molecular weight excluding hydrogens is 1200 g/mol. The number of benzene rings is 2. The summed E-state index contributed by atoms with van der Waals surface area (Å²) in [7, 11) is 0. The number of ether oxygens (including phenoxy) is 2. The lowest BCUT2D eigenvalue weighted by atomic mass is 9.95. The second-order valence-corrected chi connectivity index (χ2v) is 31.0. The summed E-state index contributed by atoms with van der Waals surface area (Å²) in [6, 6.07) is 12.9. The SMILES string of the molecule is CCCCCCCCCCCCCCCCCCc1cccc(OC(=O)NCCCCCCNC(=O)Oc2cccc(CCCCCCCCCCCCCCCCCC)c2CCCCCCCCCCCCCCCCCC)c1CCCCCCCCCCCCCCCCCC. The summed E-state index contributed by atoms with van der Waals surface area (Å²) in [5, 5.41) is 6.16. The highest BCUT2D eigenvalue weighted by Crippen LogP contribution is 2.30. The number of aryl methyl sites for hydroxylation is 2. The molecule has 0 fully saturated rings. The van der Waals surface area contributed by atoms with E-state index < -0.39 is 0 Å². The molecule has 2 rings (SSSR count). The quantitative estimate of drug-likeness (QED) is 0.0647. The maximum absolute atomic E-state index is 13.4. The second kappa shape index (κ2) is 73.7. The average molecular weight is 1370 g/mol. The molecular formula is C92H168N2O4. The molecule has 0 spiro atoms. The van der Waals surface area contributed by atoms with Crippen molar-refractivity contribution in [2.45, 2.75) is 490 Å². The molecule has 0 aliphatic rings. The fourth-order valence-electron chi connectivity index (χ4n) is 15.1. The van der Waals surface area contributed by atoms with Crippen molar-refractivity contribution in [3.8, 4) is 11.5 Å². The minimum Gasteiger partial charge on any atom is -0.410 e. The number of unbranched alkanes of at least 4 members (excludes halogenated alkanes) is 63. The van der Waals surface area contributed by atoms with E-state index >= 15 is 0 Å². The van der Waals surface area contributed by atoms with Crippen LogP contribution in [0.15, 0.2) is 36.4 Å². The van der Waals surface area contributed by atoms with E-state index in [4.69, 9.17) is 9.47 Å². The monoisotopic (exact) mass is 1370 g/mol. The Morgan fingerprint density at radius 3 is 0.602 bits per heavy atom. The van der Waals surface area contributed by atoms with E-state index in [2.05, 4.69) is 62.6 Å². The van der Waals surface area contributed by atoms with Gasteiger partial charge in [-0.15, -0.1) is 0 Å². The fourth-order valence-corrected chi connectivity index (χ4v) is 15.1. The first-order valence-electron chi connectivity index (χ1n) is 44.7. The number of hydrogen-bond donors (Lipinski definition) is 2. The van der Waals surface area contributed by atoms with E-state index in [9.17, 15) is 9.59 Å². The standard InChI is InChI=1S/C92H168N2O4/c1-5-9-13-17-21-25-29-33-37-41-45-49-53-57-61-67-75-85-77-73-81-89(87(85)79-69-63-59-55-51-47-43-39-35-31-27-23-19-15-11-7-3)97-91(95)93-83-71-65-66-72-84-94-92(96)98-90-82-74-78-86(76-68-62-58-54-50-46-42-38-34-30-26-22-18-14-10-6-2)88(90)80-70-64-60-56-52-48-44-40-36-32-28-24-20-16-12-8-4/h73-74,77-78,81-82H,5-72,75-76,79-80,83-84H2,1-4H3,(H,93,95)(H,94,96). The van der Waals surface area contributed by atoms with Gasteiger partial charge < -0.3 is 20.1 Å². The van der Waals surface area contributed by atoms with Crippen LogP contribution in [0.4, 0.5) is 9.59 Å². The highest BCUT2D eigenvalue weighted by atomic mass is 16.6. The van der Waals surface area contributed by atoms with Crippen molar-refractivity contribution in [3.05, 3.63) is 58.7 Å². The van der Waals surface area contributed by atoms with E-state index in [0.717, 1.165) is 75.7 Å². The van der Waals surface area contributed by atoms with E-state index in [0.29, 0.717) is 13.1 Å². The smallest absolute Gasteiger partial charge is 0.410 e. The lowest BCUT2D eigenvalue weighted by Crippen LogP contribution is -2.28. The molecule has 0 aliphatic carbocycles. The number of amides is 2. The third-order valence-electron chi connectivity index (χ3n) is 21.7. The maximum atomic E-state index is 13.4. The molecule has 0 atom stereocenters. The number of carbonyl (C=O) groups is 2. The first kappa shape index (κ1) is 91.1. The molecule has 0 saturated heterocycles. The highest BCUT2D eigenvalue weighted by Gasteiger charge is 2.16. The Morgan fingerprint density at radius 1 is 0.224 bits per heavy atom. The highest BCUT2D eigenvalue weighted by molar-refractivity contribution is 5.71. The van der Waals surface area contributed by atoms with Crippen molar-refractivity contribution in [1.82, 2.24) is 10.6 Å². The maximum Gasteiger partial charge on any atom is 0.412 e. The Morgan fingerprint density at radius 2 is 0.398 bits per heavy atom. The van der Waals surface area contributed by atoms with E-state index in [-0.39, 0.29) is 12.2 Å². The van der Waals surface area contributed by atoms with Gasteiger partial charge in [-0.1, -0.05) is 450 Å². The number of hydrogen-bond acceptors (Lipinski definition) is 4. The molecule has 0 aliphatic heterocycles. The van der Waals surface area contributed by atoms with Crippen LogP contribution >= 0.6 is 0 Å². The largest absolute Gasteiger partial charge is 0.412 e. The van der Waals surface area contributed by atoms with Crippen molar-refractivity contribution in [2.75, 3.05) is 13.1 Å². The average Bonchev–Trinajstić information content (AvgIpc) is 0.868. The van der Waals surface area contributed by atoms with Crippen LogP contribution < -0.4 is 20.1 Å². The van der Waals surface area contributed by atoms with Crippen LogP contribution in [0.3, 0.4) is 0 Å². The number of rotatable bonds is 77. The molecule has 0 heterocycles. The zero-order chi connectivity index (χ0) is 70.0. The van der Waals surface area contributed by atoms with Gasteiger partial charge in [-0.25, -0.2) is 9.59 Å². The summed E-state index contributed by atoms with van der Waals surface area (Å²) in [5.41, 5.74) is 5.26.